The summed E-state index contributed by atoms with van der Waals surface area (Å²) in [5.74, 6) is 0.602. The van der Waals surface area contributed by atoms with Gasteiger partial charge in [-0.2, -0.15) is 5.10 Å². The lowest BCUT2D eigenvalue weighted by Crippen LogP contribution is -2.11. The minimum Gasteiger partial charge on any atom is -0.472 e. The largest absolute Gasteiger partial charge is 0.472 e. The van der Waals surface area contributed by atoms with Gasteiger partial charge < -0.3 is 9.73 Å². The summed E-state index contributed by atoms with van der Waals surface area (Å²) in [7, 11) is -3.34. The average Bonchev–Trinajstić information content (AvgIpc) is 3.29. The Morgan fingerprint density at radius 3 is 2.63 bits per heavy atom. The summed E-state index contributed by atoms with van der Waals surface area (Å²) < 4.78 is 30.9. The van der Waals surface area contributed by atoms with E-state index in [9.17, 15) is 8.42 Å². The van der Waals surface area contributed by atoms with Gasteiger partial charge >= 0.3 is 0 Å². The predicted molar refractivity (Wildman–Crippen MR) is 106 cm³/mol. The number of benzene rings is 1. The molecule has 0 fully saturated rings. The molecule has 27 heavy (non-hydrogen) atoms. The Labute approximate surface area is 160 Å². The van der Waals surface area contributed by atoms with Crippen LogP contribution in [0.5, 0.6) is 0 Å². The molecule has 1 atom stereocenters. The predicted octanol–water partition coefficient (Wildman–Crippen LogP) is 4.46. The van der Waals surface area contributed by atoms with Crippen LogP contribution < -0.4 is 5.32 Å². The summed E-state index contributed by atoms with van der Waals surface area (Å²) in [6.45, 7) is 4.40. The number of nitrogens with one attached hydrogen (secondary N) is 1. The van der Waals surface area contributed by atoms with Gasteiger partial charge in [0.25, 0.3) is 0 Å². The van der Waals surface area contributed by atoms with E-state index in [4.69, 9.17) is 4.42 Å². The number of sulfone groups is 1. The van der Waals surface area contributed by atoms with Crippen LogP contribution in [-0.2, 0) is 9.84 Å². The van der Waals surface area contributed by atoms with Gasteiger partial charge in [0.2, 0.25) is 0 Å². The van der Waals surface area contributed by atoms with Crippen molar-refractivity contribution < 1.29 is 12.8 Å². The van der Waals surface area contributed by atoms with Crippen LogP contribution in [0.4, 0.5) is 5.69 Å². The number of furan rings is 1. The quantitative estimate of drug-likeness (QED) is 0.617. The van der Waals surface area contributed by atoms with Crippen molar-refractivity contribution >= 4 is 15.5 Å². The summed E-state index contributed by atoms with van der Waals surface area (Å²) in [5.41, 5.74) is 2.45. The van der Waals surface area contributed by atoms with E-state index >= 15 is 0 Å². The molecule has 0 amide bonds. The molecule has 2 aromatic heterocycles. The van der Waals surface area contributed by atoms with E-state index in [0.29, 0.717) is 11.6 Å². The zero-order chi connectivity index (χ0) is 19.4. The Morgan fingerprint density at radius 1 is 1.19 bits per heavy atom. The van der Waals surface area contributed by atoms with Crippen molar-refractivity contribution in [2.75, 3.05) is 11.6 Å². The van der Waals surface area contributed by atoms with Crippen LogP contribution >= 0.6 is 0 Å². The fraction of sp³-hybridized carbons (Fsp3) is 0.350. The Balaban J connectivity index is 1.85. The molecule has 0 bridgehead atoms. The number of para-hydroxylation sites is 1. The highest BCUT2D eigenvalue weighted by atomic mass is 32.2. The molecular weight excluding hydrogens is 362 g/mol. The third-order valence-electron chi connectivity index (χ3n) is 4.41. The first-order chi connectivity index (χ1) is 12.8. The van der Waals surface area contributed by atoms with E-state index in [1.807, 2.05) is 12.3 Å². The number of hydrogen-bond donors (Lipinski definition) is 1. The first kappa shape index (κ1) is 19.2. The van der Waals surface area contributed by atoms with Crippen LogP contribution in [0, 0.1) is 5.92 Å². The van der Waals surface area contributed by atoms with E-state index in [-0.39, 0.29) is 10.9 Å². The van der Waals surface area contributed by atoms with E-state index in [1.54, 1.807) is 47.7 Å². The molecule has 1 aromatic carbocycles. The van der Waals surface area contributed by atoms with Gasteiger partial charge in [0.1, 0.15) is 0 Å². The average molecular weight is 388 g/mol. The monoisotopic (exact) mass is 387 g/mol. The fourth-order valence-electron chi connectivity index (χ4n) is 2.99. The van der Waals surface area contributed by atoms with Crippen LogP contribution in [0.15, 0.2) is 64.6 Å². The van der Waals surface area contributed by atoms with E-state index in [0.717, 1.165) is 24.1 Å². The van der Waals surface area contributed by atoms with Gasteiger partial charge in [-0.05, 0) is 37.0 Å². The van der Waals surface area contributed by atoms with Crippen LogP contribution in [0.3, 0.4) is 0 Å². The Bertz CT molecular complexity index is 976. The zero-order valence-corrected chi connectivity index (χ0v) is 16.6. The minimum absolute atomic E-state index is 0.106. The van der Waals surface area contributed by atoms with Gasteiger partial charge in [-0.1, -0.05) is 26.0 Å². The molecule has 6 nitrogen and oxygen atoms in total. The Hall–Kier alpha value is -2.54. The lowest BCUT2D eigenvalue weighted by atomic mass is 9.99. The molecule has 0 aliphatic carbocycles. The van der Waals surface area contributed by atoms with Crippen molar-refractivity contribution in [2.45, 2.75) is 37.6 Å². The summed E-state index contributed by atoms with van der Waals surface area (Å²) in [5, 5.41) is 7.85. The van der Waals surface area contributed by atoms with Crippen molar-refractivity contribution in [1.82, 2.24) is 9.78 Å². The van der Waals surface area contributed by atoms with E-state index in [2.05, 4.69) is 24.3 Å². The minimum atomic E-state index is -3.34. The molecule has 3 rings (SSSR count). The van der Waals surface area contributed by atoms with Gasteiger partial charge in [0.05, 0.1) is 47.2 Å². The second-order valence-electron chi connectivity index (χ2n) is 7.14. The van der Waals surface area contributed by atoms with E-state index < -0.39 is 9.84 Å². The number of anilines is 1. The summed E-state index contributed by atoms with van der Waals surface area (Å²) in [6, 6.07) is 8.92. The second kappa shape index (κ2) is 8.00. The van der Waals surface area contributed by atoms with Crippen molar-refractivity contribution in [2.24, 2.45) is 5.92 Å². The third kappa shape index (κ3) is 4.80. The molecule has 144 valence electrons. The molecule has 0 radical (unpaired) electrons. The van der Waals surface area contributed by atoms with Gasteiger partial charge in [-0.25, -0.2) is 13.1 Å². The SMILES string of the molecule is CC(C)CC[C@@H](Nc1cnn(-c2ccccc2S(C)(=O)=O)c1)c1ccoc1. The van der Waals surface area contributed by atoms with Gasteiger partial charge in [0, 0.05) is 11.8 Å². The number of rotatable bonds is 8. The topological polar surface area (TPSA) is 77.1 Å². The Morgan fingerprint density at radius 2 is 1.96 bits per heavy atom. The maximum atomic E-state index is 12.0. The highest BCUT2D eigenvalue weighted by molar-refractivity contribution is 7.90. The standard InChI is InChI=1S/C20H25N3O3S/c1-15(2)8-9-18(16-10-11-26-14-16)22-17-12-21-23(13-17)19-6-4-5-7-20(19)27(3,24)25/h4-7,10-15,18,22H,8-9H2,1-3H3/t18-/m1/s1. The van der Waals surface area contributed by atoms with Crippen molar-refractivity contribution in [3.05, 3.63) is 60.8 Å². The number of aromatic nitrogens is 2. The Kier molecular flexibility index (Phi) is 5.70. The van der Waals surface area contributed by atoms with Crippen molar-refractivity contribution in [3.8, 4) is 5.69 Å². The summed E-state index contributed by atoms with van der Waals surface area (Å²) >= 11 is 0. The second-order valence-corrected chi connectivity index (χ2v) is 9.12. The molecule has 0 unspecified atom stereocenters. The maximum Gasteiger partial charge on any atom is 0.177 e. The molecule has 0 aliphatic heterocycles. The van der Waals surface area contributed by atoms with Gasteiger partial charge in [0.15, 0.2) is 9.84 Å². The third-order valence-corrected chi connectivity index (χ3v) is 5.56. The molecule has 0 saturated carbocycles. The highest BCUT2D eigenvalue weighted by Crippen LogP contribution is 2.27. The smallest absolute Gasteiger partial charge is 0.177 e. The lowest BCUT2D eigenvalue weighted by Gasteiger charge is -2.18. The van der Waals surface area contributed by atoms with Crippen LogP contribution in [-0.4, -0.2) is 24.5 Å². The molecule has 1 N–H and O–H groups in total. The van der Waals surface area contributed by atoms with E-state index in [1.165, 1.54) is 6.26 Å². The molecule has 0 spiro atoms. The molecule has 0 saturated heterocycles. The summed E-state index contributed by atoms with van der Waals surface area (Å²) in [6.07, 6.45) is 10.2. The van der Waals surface area contributed by atoms with Crippen LogP contribution in [0.1, 0.15) is 38.3 Å². The van der Waals surface area contributed by atoms with Crippen LogP contribution in [0.2, 0.25) is 0 Å². The summed E-state index contributed by atoms with van der Waals surface area (Å²) in [4.78, 5) is 0.255. The number of hydrogen-bond acceptors (Lipinski definition) is 5. The molecule has 2 heterocycles. The van der Waals surface area contributed by atoms with Gasteiger partial charge in [-0.15, -0.1) is 0 Å². The highest BCUT2D eigenvalue weighted by Gasteiger charge is 2.17. The first-order valence-electron chi connectivity index (χ1n) is 8.97. The van der Waals surface area contributed by atoms with Crippen molar-refractivity contribution in [3.63, 3.8) is 0 Å². The van der Waals surface area contributed by atoms with Crippen LogP contribution in [0.25, 0.3) is 5.69 Å². The molecule has 0 aliphatic rings. The number of nitrogens with zero attached hydrogens (tertiary/aromatic N) is 2. The maximum absolute atomic E-state index is 12.0. The fourth-order valence-corrected chi connectivity index (χ4v) is 3.85. The normalized spacial score (nSPS) is 13.0. The first-order valence-corrected chi connectivity index (χ1v) is 10.9. The zero-order valence-electron chi connectivity index (χ0n) is 15.8. The van der Waals surface area contributed by atoms with Gasteiger partial charge in [-0.3, -0.25) is 0 Å². The molecule has 7 heteroatoms. The lowest BCUT2D eigenvalue weighted by molar-refractivity contribution is 0.514. The molecule has 3 aromatic rings. The van der Waals surface area contributed by atoms with Crippen molar-refractivity contribution in [1.29, 1.82) is 0 Å². The molecular formula is C20H25N3O3S.